The number of hydrogen-bond donors (Lipinski definition) is 0. The van der Waals surface area contributed by atoms with Gasteiger partial charge in [-0.05, 0) is 56.6 Å². The van der Waals surface area contributed by atoms with Gasteiger partial charge in [0.25, 0.3) is 0 Å². The summed E-state index contributed by atoms with van der Waals surface area (Å²) in [4.78, 5) is 7.15. The molecule has 2 heterocycles. The molecule has 1 aliphatic heterocycles. The van der Waals surface area contributed by atoms with Crippen LogP contribution >= 0.6 is 0 Å². The summed E-state index contributed by atoms with van der Waals surface area (Å²) in [6.45, 7) is 5.12. The van der Waals surface area contributed by atoms with Crippen molar-refractivity contribution >= 4 is 0 Å². The number of piperidine rings is 1. The molecule has 1 aliphatic rings. The number of oxazole rings is 1. The van der Waals surface area contributed by atoms with Crippen LogP contribution in [0.25, 0.3) is 11.5 Å². The second-order valence-electron chi connectivity index (χ2n) is 8.10. The fraction of sp³-hybridized carbons (Fsp3) is 0.400. The van der Waals surface area contributed by atoms with Crippen LogP contribution in [0.2, 0.25) is 0 Å². The lowest BCUT2D eigenvalue weighted by Gasteiger charge is -2.32. The zero-order chi connectivity index (χ0) is 22.5. The minimum atomic E-state index is -0.280. The lowest BCUT2D eigenvalue weighted by Crippen LogP contribution is -2.37. The van der Waals surface area contributed by atoms with Crippen LogP contribution in [0.4, 0.5) is 4.39 Å². The number of nitrogens with zero attached hydrogens (tertiary/aromatic N) is 2. The van der Waals surface area contributed by atoms with Crippen molar-refractivity contribution in [3.63, 3.8) is 0 Å². The molecule has 1 aromatic heterocycles. The van der Waals surface area contributed by atoms with Crippen molar-refractivity contribution in [3.8, 4) is 28.7 Å². The van der Waals surface area contributed by atoms with Gasteiger partial charge in [0.05, 0.1) is 32.1 Å². The molecule has 1 atom stereocenters. The molecule has 170 valence electrons. The number of ether oxygens (including phenoxy) is 3. The molecule has 1 fully saturated rings. The van der Waals surface area contributed by atoms with Crippen LogP contribution in [0.3, 0.4) is 0 Å². The highest BCUT2D eigenvalue weighted by Crippen LogP contribution is 2.34. The molecule has 0 aliphatic carbocycles. The lowest BCUT2D eigenvalue weighted by molar-refractivity contribution is 0.123. The molecule has 0 unspecified atom stereocenters. The fourth-order valence-electron chi connectivity index (χ4n) is 4.08. The molecule has 0 amide bonds. The van der Waals surface area contributed by atoms with E-state index in [2.05, 4.69) is 4.90 Å². The van der Waals surface area contributed by atoms with Crippen LogP contribution in [0, 0.1) is 18.7 Å². The molecule has 0 bridgehead atoms. The maximum absolute atomic E-state index is 13.4. The Morgan fingerprint density at radius 3 is 2.78 bits per heavy atom. The van der Waals surface area contributed by atoms with Crippen LogP contribution in [-0.4, -0.2) is 43.8 Å². The highest BCUT2D eigenvalue weighted by molar-refractivity contribution is 5.65. The van der Waals surface area contributed by atoms with E-state index < -0.39 is 0 Å². The summed E-state index contributed by atoms with van der Waals surface area (Å²) < 4.78 is 36.0. The number of hydrogen-bond acceptors (Lipinski definition) is 6. The summed E-state index contributed by atoms with van der Waals surface area (Å²) >= 11 is 0. The average Bonchev–Trinajstić information content (AvgIpc) is 3.17. The maximum Gasteiger partial charge on any atom is 0.230 e. The van der Waals surface area contributed by atoms with Crippen LogP contribution in [0.5, 0.6) is 17.2 Å². The van der Waals surface area contributed by atoms with Gasteiger partial charge < -0.3 is 18.6 Å². The molecule has 6 nitrogen and oxygen atoms in total. The lowest BCUT2D eigenvalue weighted by atomic mass is 9.99. The summed E-state index contributed by atoms with van der Waals surface area (Å²) in [7, 11) is 3.25. The molecule has 0 N–H and O–H groups in total. The molecular weight excluding hydrogens is 411 g/mol. The van der Waals surface area contributed by atoms with Crippen molar-refractivity contribution in [1.82, 2.24) is 9.88 Å². The Labute approximate surface area is 187 Å². The standard InChI is InChI=1S/C25H29FN2O4/c1-17-23(27-25(32-17)22-13-20(29-2)9-10-24(22)30-3)15-28-11-5-6-18(14-28)16-31-21-8-4-7-19(26)12-21/h4,7-10,12-13,18H,5-6,11,14-16H2,1-3H3/t18-/m1/s1. The number of aromatic nitrogens is 1. The molecule has 0 spiro atoms. The van der Waals surface area contributed by atoms with Gasteiger partial charge in [-0.2, -0.15) is 0 Å². The van der Waals surface area contributed by atoms with Crippen LogP contribution < -0.4 is 14.2 Å². The van der Waals surface area contributed by atoms with E-state index in [0.29, 0.717) is 36.5 Å². The number of benzene rings is 2. The third-order valence-electron chi connectivity index (χ3n) is 5.79. The Morgan fingerprint density at radius 1 is 1.12 bits per heavy atom. The first kappa shape index (κ1) is 22.1. The van der Waals surface area contributed by atoms with Crippen molar-refractivity contribution < 1.29 is 23.0 Å². The maximum atomic E-state index is 13.4. The molecule has 7 heteroatoms. The summed E-state index contributed by atoms with van der Waals surface area (Å²) in [6, 6.07) is 11.9. The monoisotopic (exact) mass is 440 g/mol. The zero-order valence-electron chi connectivity index (χ0n) is 18.8. The van der Waals surface area contributed by atoms with E-state index in [9.17, 15) is 4.39 Å². The molecular formula is C25H29FN2O4. The molecule has 3 aromatic rings. The number of rotatable bonds is 8. The van der Waals surface area contributed by atoms with Crippen molar-refractivity contribution in [3.05, 3.63) is 59.7 Å². The average molecular weight is 441 g/mol. The molecule has 32 heavy (non-hydrogen) atoms. The van der Waals surface area contributed by atoms with Crippen molar-refractivity contribution in [2.24, 2.45) is 5.92 Å². The second kappa shape index (κ2) is 10.0. The van der Waals surface area contributed by atoms with E-state index in [1.54, 1.807) is 26.4 Å². The second-order valence-corrected chi connectivity index (χ2v) is 8.10. The van der Waals surface area contributed by atoms with Crippen molar-refractivity contribution in [1.29, 1.82) is 0 Å². The minimum absolute atomic E-state index is 0.280. The Bertz CT molecular complexity index is 1050. The van der Waals surface area contributed by atoms with Gasteiger partial charge in [0, 0.05) is 25.1 Å². The Balaban J connectivity index is 1.41. The predicted molar refractivity (Wildman–Crippen MR) is 120 cm³/mol. The predicted octanol–water partition coefficient (Wildman–Crippen LogP) is 5.10. The van der Waals surface area contributed by atoms with Crippen molar-refractivity contribution in [2.75, 3.05) is 33.9 Å². The van der Waals surface area contributed by atoms with E-state index in [-0.39, 0.29) is 5.82 Å². The topological polar surface area (TPSA) is 57.0 Å². The van der Waals surface area contributed by atoms with Gasteiger partial charge in [0.15, 0.2) is 0 Å². The van der Waals surface area contributed by atoms with Gasteiger partial charge in [0.1, 0.15) is 28.8 Å². The Morgan fingerprint density at radius 2 is 2.00 bits per heavy atom. The summed E-state index contributed by atoms with van der Waals surface area (Å²) in [5.41, 5.74) is 1.68. The van der Waals surface area contributed by atoms with Crippen LogP contribution in [0.15, 0.2) is 46.9 Å². The van der Waals surface area contributed by atoms with Gasteiger partial charge in [0.2, 0.25) is 5.89 Å². The van der Waals surface area contributed by atoms with Gasteiger partial charge >= 0.3 is 0 Å². The first-order chi connectivity index (χ1) is 15.6. The summed E-state index contributed by atoms with van der Waals surface area (Å²) in [5.74, 6) is 3.40. The Kier molecular flexibility index (Phi) is 6.95. The van der Waals surface area contributed by atoms with Crippen LogP contribution in [0.1, 0.15) is 24.3 Å². The molecule has 4 rings (SSSR count). The number of likely N-dealkylation sites (tertiary alicyclic amines) is 1. The third kappa shape index (κ3) is 5.22. The Hall–Kier alpha value is -3.06. The highest BCUT2D eigenvalue weighted by atomic mass is 19.1. The fourth-order valence-corrected chi connectivity index (χ4v) is 4.08. The summed E-state index contributed by atoms with van der Waals surface area (Å²) in [6.07, 6.45) is 2.18. The van der Waals surface area contributed by atoms with Gasteiger partial charge in [-0.25, -0.2) is 9.37 Å². The van der Waals surface area contributed by atoms with Gasteiger partial charge in [-0.1, -0.05) is 6.07 Å². The van der Waals surface area contributed by atoms with Crippen LogP contribution in [-0.2, 0) is 6.54 Å². The largest absolute Gasteiger partial charge is 0.497 e. The molecule has 2 aromatic carbocycles. The molecule has 0 radical (unpaired) electrons. The smallest absolute Gasteiger partial charge is 0.230 e. The molecule has 0 saturated carbocycles. The normalized spacial score (nSPS) is 16.7. The molecule has 1 saturated heterocycles. The zero-order valence-corrected chi connectivity index (χ0v) is 18.8. The van der Waals surface area contributed by atoms with E-state index in [4.69, 9.17) is 23.6 Å². The van der Waals surface area contributed by atoms with E-state index in [1.807, 2.05) is 25.1 Å². The first-order valence-electron chi connectivity index (χ1n) is 10.8. The van der Waals surface area contributed by atoms with E-state index >= 15 is 0 Å². The third-order valence-corrected chi connectivity index (χ3v) is 5.79. The van der Waals surface area contributed by atoms with E-state index in [1.165, 1.54) is 12.1 Å². The quantitative estimate of drug-likeness (QED) is 0.486. The number of methoxy groups -OCH3 is 2. The highest BCUT2D eigenvalue weighted by Gasteiger charge is 2.23. The van der Waals surface area contributed by atoms with Gasteiger partial charge in [-0.3, -0.25) is 4.90 Å². The van der Waals surface area contributed by atoms with E-state index in [0.717, 1.165) is 48.7 Å². The summed E-state index contributed by atoms with van der Waals surface area (Å²) in [5, 5.41) is 0. The van der Waals surface area contributed by atoms with Gasteiger partial charge in [-0.15, -0.1) is 0 Å². The first-order valence-corrected chi connectivity index (χ1v) is 10.8. The van der Waals surface area contributed by atoms with Crippen molar-refractivity contribution in [2.45, 2.75) is 26.3 Å². The minimum Gasteiger partial charge on any atom is -0.497 e. The SMILES string of the molecule is COc1ccc(OC)c(-c2nc(CN3CCC[C@@H](COc4cccc(F)c4)C3)c(C)o2)c1. The number of aryl methyl sites for hydroxylation is 1. The number of halogens is 1.